The van der Waals surface area contributed by atoms with Gasteiger partial charge in [0.2, 0.25) is 15.9 Å². The van der Waals surface area contributed by atoms with Gasteiger partial charge in [-0.15, -0.1) is 0 Å². The van der Waals surface area contributed by atoms with Gasteiger partial charge in [-0.25, -0.2) is 8.42 Å². The topological polar surface area (TPSA) is 69.7 Å². The molecular weight excluding hydrogens is 338 g/mol. The highest BCUT2D eigenvalue weighted by Crippen LogP contribution is 2.26. The van der Waals surface area contributed by atoms with E-state index in [1.807, 2.05) is 26.0 Å². The molecule has 0 atom stereocenters. The van der Waals surface area contributed by atoms with Crippen LogP contribution in [0.2, 0.25) is 0 Å². The highest BCUT2D eigenvalue weighted by molar-refractivity contribution is 7.92. The summed E-state index contributed by atoms with van der Waals surface area (Å²) in [6.07, 6.45) is 3.47. The molecule has 0 aromatic heterocycles. The molecule has 0 bridgehead atoms. The molecule has 0 aliphatic carbocycles. The lowest BCUT2D eigenvalue weighted by Gasteiger charge is -2.32. The number of nitrogens with zero attached hydrogens (tertiary/aromatic N) is 2. The molecule has 0 radical (unpaired) electrons. The van der Waals surface area contributed by atoms with Gasteiger partial charge in [0.05, 0.1) is 11.9 Å². The molecule has 1 fully saturated rings. The van der Waals surface area contributed by atoms with Crippen molar-refractivity contribution < 1.29 is 13.2 Å². The van der Waals surface area contributed by atoms with Crippen molar-refractivity contribution in [3.05, 3.63) is 24.3 Å². The molecule has 140 valence electrons. The fourth-order valence-electron chi connectivity index (χ4n) is 2.99. The van der Waals surface area contributed by atoms with Gasteiger partial charge in [-0.2, -0.15) is 0 Å². The average molecular weight is 368 g/mol. The Hall–Kier alpha value is -1.76. The zero-order chi connectivity index (χ0) is 18.6. The predicted molar refractivity (Wildman–Crippen MR) is 103 cm³/mol. The van der Waals surface area contributed by atoms with Crippen LogP contribution in [0.4, 0.5) is 11.4 Å². The second-order valence-electron chi connectivity index (χ2n) is 7.18. The Morgan fingerprint density at radius 1 is 1.24 bits per heavy atom. The summed E-state index contributed by atoms with van der Waals surface area (Å²) in [5.74, 6) is 0.449. The molecule has 1 heterocycles. The lowest BCUT2D eigenvalue weighted by Crippen LogP contribution is -2.42. The van der Waals surface area contributed by atoms with Crippen molar-refractivity contribution in [2.24, 2.45) is 5.92 Å². The quantitative estimate of drug-likeness (QED) is 0.837. The molecule has 7 heteroatoms. The first kappa shape index (κ1) is 19.6. The molecule has 1 N–H and O–H groups in total. The Balaban J connectivity index is 2.14. The number of rotatable bonds is 6. The van der Waals surface area contributed by atoms with Crippen LogP contribution in [0.3, 0.4) is 0 Å². The number of nitrogens with one attached hydrogen (secondary N) is 1. The van der Waals surface area contributed by atoms with Gasteiger partial charge in [-0.3, -0.25) is 9.10 Å². The summed E-state index contributed by atoms with van der Waals surface area (Å²) in [5, 5.41) is 2.73. The predicted octanol–water partition coefficient (Wildman–Crippen LogP) is 2.21. The maximum absolute atomic E-state index is 12.1. The smallest absolute Gasteiger partial charge is 0.240 e. The van der Waals surface area contributed by atoms with Crippen LogP contribution in [0.25, 0.3) is 0 Å². The highest BCUT2D eigenvalue weighted by Gasteiger charge is 2.22. The van der Waals surface area contributed by atoms with Crippen LogP contribution in [0.15, 0.2) is 24.3 Å². The number of carbonyl (C=O) groups is 1. The van der Waals surface area contributed by atoms with Crippen molar-refractivity contribution >= 4 is 27.3 Å². The van der Waals surface area contributed by atoms with Crippen molar-refractivity contribution in [1.82, 2.24) is 5.32 Å². The van der Waals surface area contributed by atoms with Crippen LogP contribution in [-0.4, -0.2) is 46.3 Å². The maximum Gasteiger partial charge on any atom is 0.240 e. The number of hydrogen-bond donors (Lipinski definition) is 1. The second kappa shape index (κ2) is 8.08. The summed E-state index contributed by atoms with van der Waals surface area (Å²) in [7, 11) is -3.53. The van der Waals surface area contributed by atoms with Crippen molar-refractivity contribution in [3.8, 4) is 0 Å². The van der Waals surface area contributed by atoms with E-state index in [1.165, 1.54) is 12.8 Å². The van der Waals surface area contributed by atoms with Crippen molar-refractivity contribution in [2.75, 3.05) is 35.1 Å². The first-order chi connectivity index (χ1) is 11.7. The molecule has 2 rings (SSSR count). The molecule has 1 aromatic carbocycles. The van der Waals surface area contributed by atoms with E-state index in [2.05, 4.69) is 17.1 Å². The molecule has 1 aliphatic heterocycles. The molecular formula is C18H29N3O3S. The van der Waals surface area contributed by atoms with Crippen LogP contribution in [0.5, 0.6) is 0 Å². The monoisotopic (exact) mass is 367 g/mol. The van der Waals surface area contributed by atoms with E-state index in [0.717, 1.165) is 35.3 Å². The second-order valence-corrected chi connectivity index (χ2v) is 9.08. The summed E-state index contributed by atoms with van der Waals surface area (Å²) in [5.41, 5.74) is 1.60. The Morgan fingerprint density at radius 2 is 1.80 bits per heavy atom. The Bertz CT molecular complexity index is 678. The van der Waals surface area contributed by atoms with Gasteiger partial charge in [0.15, 0.2) is 0 Å². The van der Waals surface area contributed by atoms with Gasteiger partial charge in [-0.05, 0) is 56.9 Å². The van der Waals surface area contributed by atoms with E-state index < -0.39 is 10.0 Å². The third-order valence-corrected chi connectivity index (χ3v) is 5.56. The van der Waals surface area contributed by atoms with E-state index in [9.17, 15) is 13.2 Å². The van der Waals surface area contributed by atoms with E-state index >= 15 is 0 Å². The lowest BCUT2D eigenvalue weighted by molar-refractivity contribution is -0.120. The van der Waals surface area contributed by atoms with Crippen LogP contribution >= 0.6 is 0 Å². The summed E-state index contributed by atoms with van der Waals surface area (Å²) in [6, 6.07) is 7.39. The van der Waals surface area contributed by atoms with Gasteiger partial charge in [0.1, 0.15) is 6.54 Å². The fraction of sp³-hybridized carbons (Fsp3) is 0.611. The molecule has 0 spiro atoms. The molecule has 0 saturated carbocycles. The van der Waals surface area contributed by atoms with Gasteiger partial charge in [0.25, 0.3) is 0 Å². The van der Waals surface area contributed by atoms with Crippen molar-refractivity contribution in [2.45, 2.75) is 39.7 Å². The third kappa shape index (κ3) is 5.63. The molecule has 25 heavy (non-hydrogen) atoms. The third-order valence-electron chi connectivity index (χ3n) is 4.42. The van der Waals surface area contributed by atoms with Crippen LogP contribution in [0.1, 0.15) is 33.6 Å². The summed E-state index contributed by atoms with van der Waals surface area (Å²) < 4.78 is 25.4. The van der Waals surface area contributed by atoms with Gasteiger partial charge >= 0.3 is 0 Å². The van der Waals surface area contributed by atoms with Gasteiger partial charge in [0, 0.05) is 24.8 Å². The van der Waals surface area contributed by atoms with E-state index in [1.54, 1.807) is 12.1 Å². The largest absolute Gasteiger partial charge is 0.372 e. The number of hydrogen-bond acceptors (Lipinski definition) is 4. The first-order valence-electron chi connectivity index (χ1n) is 8.79. The number of amides is 1. The van der Waals surface area contributed by atoms with Crippen LogP contribution in [0, 0.1) is 5.92 Å². The van der Waals surface area contributed by atoms with Crippen molar-refractivity contribution in [3.63, 3.8) is 0 Å². The highest BCUT2D eigenvalue weighted by atomic mass is 32.2. The normalized spacial score (nSPS) is 16.1. The van der Waals surface area contributed by atoms with Crippen LogP contribution in [-0.2, 0) is 14.8 Å². The number of anilines is 2. The first-order valence-corrected chi connectivity index (χ1v) is 10.6. The minimum Gasteiger partial charge on any atom is -0.372 e. The molecule has 1 aliphatic rings. The molecule has 0 unspecified atom stereocenters. The van der Waals surface area contributed by atoms with E-state index in [0.29, 0.717) is 5.69 Å². The maximum atomic E-state index is 12.1. The lowest BCUT2D eigenvalue weighted by atomic mass is 9.99. The SMILES string of the molecule is CC1CCN(c2ccc(N(CC(=O)NC(C)C)S(C)(=O)=O)cc2)CC1. The van der Waals surface area contributed by atoms with E-state index in [-0.39, 0.29) is 18.5 Å². The summed E-state index contributed by atoms with van der Waals surface area (Å²) in [6.45, 7) is 7.79. The molecule has 1 saturated heterocycles. The summed E-state index contributed by atoms with van der Waals surface area (Å²) >= 11 is 0. The summed E-state index contributed by atoms with van der Waals surface area (Å²) in [4.78, 5) is 14.3. The van der Waals surface area contributed by atoms with Crippen molar-refractivity contribution in [1.29, 1.82) is 0 Å². The van der Waals surface area contributed by atoms with Gasteiger partial charge < -0.3 is 10.2 Å². The molecule has 6 nitrogen and oxygen atoms in total. The number of carbonyl (C=O) groups excluding carboxylic acids is 1. The number of sulfonamides is 1. The van der Waals surface area contributed by atoms with Crippen LogP contribution < -0.4 is 14.5 Å². The number of benzene rings is 1. The van der Waals surface area contributed by atoms with Gasteiger partial charge in [-0.1, -0.05) is 6.92 Å². The minimum atomic E-state index is -3.53. The minimum absolute atomic E-state index is 0.0298. The molecule has 1 amide bonds. The fourth-order valence-corrected chi connectivity index (χ4v) is 3.85. The zero-order valence-electron chi connectivity index (χ0n) is 15.5. The molecule has 1 aromatic rings. The number of piperidine rings is 1. The Kier molecular flexibility index (Phi) is 6.32. The average Bonchev–Trinajstić information content (AvgIpc) is 2.52. The Labute approximate surface area is 151 Å². The standard InChI is InChI=1S/C18H29N3O3S/c1-14(2)19-18(22)13-21(25(4,23)24)17-7-5-16(6-8-17)20-11-9-15(3)10-12-20/h5-8,14-15H,9-13H2,1-4H3,(H,19,22). The van der Waals surface area contributed by atoms with E-state index in [4.69, 9.17) is 0 Å². The zero-order valence-corrected chi connectivity index (χ0v) is 16.3. The Morgan fingerprint density at radius 3 is 2.28 bits per heavy atom.